The predicted molar refractivity (Wildman–Crippen MR) is 51.4 cm³/mol. The van der Waals surface area contributed by atoms with E-state index in [9.17, 15) is 9.36 Å². The molecule has 14 heavy (non-hydrogen) atoms. The summed E-state index contributed by atoms with van der Waals surface area (Å²) in [6, 6.07) is 0.333. The molecule has 0 aliphatic carbocycles. The molecule has 0 aromatic rings. The van der Waals surface area contributed by atoms with E-state index in [1.54, 1.807) is 0 Å². The van der Waals surface area contributed by atoms with E-state index in [4.69, 9.17) is 21.3 Å². The molecule has 0 saturated carbocycles. The molecule has 0 atom stereocenters. The van der Waals surface area contributed by atoms with Crippen LogP contribution >= 0.6 is 7.60 Å². The number of esters is 1. The molecule has 0 radical (unpaired) electrons. The molecule has 0 aromatic carbocycles. The average molecular weight is 228 g/mol. The van der Waals surface area contributed by atoms with Gasteiger partial charge in [-0.3, -0.25) is 9.36 Å². The summed E-state index contributed by atoms with van der Waals surface area (Å²) in [5, 5.41) is 0. The van der Waals surface area contributed by atoms with Crippen molar-refractivity contribution in [3.63, 3.8) is 0 Å². The first-order valence-electron chi connectivity index (χ1n) is 3.85. The number of ether oxygens (including phenoxy) is 1. The molecule has 0 aliphatic heterocycles. The molecule has 0 amide bonds. The molecule has 0 spiro atoms. The van der Waals surface area contributed by atoms with E-state index in [-0.39, 0.29) is 6.54 Å². The van der Waals surface area contributed by atoms with E-state index in [1.165, 1.54) is 0 Å². The fraction of sp³-hybridized carbons (Fsp3) is 0.833. The Bertz CT molecular complexity index is 200. The van der Waals surface area contributed by atoms with Gasteiger partial charge in [0.05, 0.1) is 6.54 Å². The molecular weight excluding hydrogens is 211 g/mol. The molecule has 8 heteroatoms. The van der Waals surface area contributed by atoms with Crippen LogP contribution in [0.5, 0.6) is 0 Å². The summed E-state index contributed by atoms with van der Waals surface area (Å²) in [5.41, 5.74) is 9.88. The fourth-order valence-corrected chi connectivity index (χ4v) is 0.527. The topological polar surface area (TPSA) is 136 Å². The van der Waals surface area contributed by atoms with Crippen molar-refractivity contribution in [3.05, 3.63) is 0 Å². The van der Waals surface area contributed by atoms with Gasteiger partial charge in [-0.25, -0.2) is 0 Å². The van der Waals surface area contributed by atoms with Gasteiger partial charge in [0.25, 0.3) is 0 Å². The van der Waals surface area contributed by atoms with Crippen LogP contribution in [0.4, 0.5) is 0 Å². The highest BCUT2D eigenvalue weighted by Crippen LogP contribution is 2.33. The molecule has 0 bridgehead atoms. The molecule has 86 valence electrons. The molecule has 7 nitrogen and oxygen atoms in total. The van der Waals surface area contributed by atoms with Crippen LogP contribution in [0.25, 0.3) is 0 Å². The van der Waals surface area contributed by atoms with Gasteiger partial charge in [-0.05, 0) is 6.04 Å². The first-order chi connectivity index (χ1) is 6.19. The SMILES string of the molecule is CC(C)N.NCC(=O)OCP(=O)(O)O. The van der Waals surface area contributed by atoms with Gasteiger partial charge >= 0.3 is 13.6 Å². The van der Waals surface area contributed by atoms with Crippen LogP contribution < -0.4 is 11.5 Å². The molecule has 0 rings (SSSR count). The average Bonchev–Trinajstić information content (AvgIpc) is 1.97. The van der Waals surface area contributed by atoms with Gasteiger partial charge in [-0.2, -0.15) is 0 Å². The van der Waals surface area contributed by atoms with E-state index < -0.39 is 19.9 Å². The first-order valence-corrected chi connectivity index (χ1v) is 5.64. The Balaban J connectivity index is 0. The lowest BCUT2D eigenvalue weighted by Gasteiger charge is -2.03. The first kappa shape index (κ1) is 16.0. The Hall–Kier alpha value is -0.460. The number of carbonyl (C=O) groups is 1. The summed E-state index contributed by atoms with van der Waals surface area (Å²) in [4.78, 5) is 26.5. The van der Waals surface area contributed by atoms with E-state index in [2.05, 4.69) is 4.74 Å². The highest BCUT2D eigenvalue weighted by Gasteiger charge is 2.14. The van der Waals surface area contributed by atoms with Crippen LogP contribution in [0, 0.1) is 0 Å². The van der Waals surface area contributed by atoms with Gasteiger partial charge in [-0.1, -0.05) is 13.8 Å². The lowest BCUT2D eigenvalue weighted by Crippen LogP contribution is -2.17. The normalized spacial score (nSPS) is 10.5. The summed E-state index contributed by atoms with van der Waals surface area (Å²) in [6.07, 6.45) is -0.900. The van der Waals surface area contributed by atoms with Crippen LogP contribution in [0.3, 0.4) is 0 Å². The summed E-state index contributed by atoms with van der Waals surface area (Å²) >= 11 is 0. The third-order valence-electron chi connectivity index (χ3n) is 0.560. The second kappa shape index (κ2) is 7.90. The summed E-state index contributed by atoms with van der Waals surface area (Å²) in [5.74, 6) is -0.830. The van der Waals surface area contributed by atoms with E-state index in [1.807, 2.05) is 13.8 Å². The van der Waals surface area contributed by atoms with Gasteiger partial charge in [0.15, 0.2) is 6.35 Å². The minimum atomic E-state index is -4.23. The summed E-state index contributed by atoms with van der Waals surface area (Å²) < 4.78 is 14.1. The number of carbonyl (C=O) groups excluding carboxylic acids is 1. The van der Waals surface area contributed by atoms with Crippen LogP contribution in [0.15, 0.2) is 0 Å². The number of hydrogen-bond donors (Lipinski definition) is 4. The molecule has 0 aliphatic rings. The van der Waals surface area contributed by atoms with Crippen molar-refractivity contribution in [1.82, 2.24) is 0 Å². The van der Waals surface area contributed by atoms with E-state index in [0.29, 0.717) is 6.04 Å². The van der Waals surface area contributed by atoms with Crippen molar-refractivity contribution in [1.29, 1.82) is 0 Å². The van der Waals surface area contributed by atoms with Crippen LogP contribution in [0.2, 0.25) is 0 Å². The van der Waals surface area contributed by atoms with Crippen molar-refractivity contribution in [2.75, 3.05) is 12.9 Å². The van der Waals surface area contributed by atoms with Crippen LogP contribution in [0.1, 0.15) is 13.8 Å². The zero-order chi connectivity index (χ0) is 11.8. The van der Waals surface area contributed by atoms with Crippen molar-refractivity contribution in [3.8, 4) is 0 Å². The van der Waals surface area contributed by atoms with Gasteiger partial charge in [-0.15, -0.1) is 0 Å². The smallest absolute Gasteiger partial charge is 0.362 e. The zero-order valence-electron chi connectivity index (χ0n) is 8.21. The Morgan fingerprint density at radius 1 is 1.50 bits per heavy atom. The number of nitrogens with two attached hydrogens (primary N) is 2. The third-order valence-corrected chi connectivity index (χ3v) is 1.03. The highest BCUT2D eigenvalue weighted by atomic mass is 31.2. The zero-order valence-corrected chi connectivity index (χ0v) is 9.11. The Labute approximate surface area is 82.6 Å². The predicted octanol–water partition coefficient (Wildman–Crippen LogP) is -1.02. The Morgan fingerprint density at radius 3 is 2.07 bits per heavy atom. The third kappa shape index (κ3) is 22.5. The van der Waals surface area contributed by atoms with Gasteiger partial charge < -0.3 is 26.0 Å². The van der Waals surface area contributed by atoms with Crippen molar-refractivity contribution < 1.29 is 23.9 Å². The molecule has 0 heterocycles. The standard InChI is InChI=1S/C3H8NO5P.C3H9N/c4-1-3(5)9-2-10(6,7)8;1-3(2)4/h1-2,4H2,(H2,6,7,8);3H,4H2,1-2H3. The molecular formula is C6H17N2O5P. The molecule has 6 N–H and O–H groups in total. The number of rotatable bonds is 3. The maximum atomic E-state index is 10.2. The second-order valence-electron chi connectivity index (χ2n) is 2.76. The van der Waals surface area contributed by atoms with Gasteiger partial charge in [0.1, 0.15) is 0 Å². The molecule has 0 saturated heterocycles. The number of hydrogen-bond acceptors (Lipinski definition) is 5. The lowest BCUT2D eigenvalue weighted by molar-refractivity contribution is -0.140. The van der Waals surface area contributed by atoms with Crippen molar-refractivity contribution in [2.45, 2.75) is 19.9 Å². The summed E-state index contributed by atoms with van der Waals surface area (Å²) in [7, 11) is -4.23. The largest absolute Gasteiger partial charge is 0.452 e. The van der Waals surface area contributed by atoms with E-state index >= 15 is 0 Å². The maximum absolute atomic E-state index is 10.2. The lowest BCUT2D eigenvalue weighted by atomic mass is 10.5. The van der Waals surface area contributed by atoms with Gasteiger partial charge in [0.2, 0.25) is 0 Å². The summed E-state index contributed by atoms with van der Waals surface area (Å²) in [6.45, 7) is 3.51. The second-order valence-corrected chi connectivity index (χ2v) is 4.35. The minimum Gasteiger partial charge on any atom is -0.452 e. The monoisotopic (exact) mass is 228 g/mol. The Morgan fingerprint density at radius 2 is 1.86 bits per heavy atom. The van der Waals surface area contributed by atoms with Gasteiger partial charge in [0, 0.05) is 0 Å². The minimum absolute atomic E-state index is 0.333. The van der Waals surface area contributed by atoms with Crippen molar-refractivity contribution in [2.24, 2.45) is 11.5 Å². The quantitative estimate of drug-likeness (QED) is 0.358. The van der Waals surface area contributed by atoms with Crippen molar-refractivity contribution >= 4 is 13.6 Å². The van der Waals surface area contributed by atoms with Crippen LogP contribution in [-0.2, 0) is 14.1 Å². The Kier molecular flexibility index (Phi) is 9.02. The molecule has 0 fully saturated rings. The molecule has 0 unspecified atom stereocenters. The maximum Gasteiger partial charge on any atom is 0.362 e. The fourth-order valence-electron chi connectivity index (χ4n) is 0.215. The van der Waals surface area contributed by atoms with E-state index in [0.717, 1.165) is 0 Å². The highest BCUT2D eigenvalue weighted by molar-refractivity contribution is 7.51. The van der Waals surface area contributed by atoms with Crippen LogP contribution in [-0.4, -0.2) is 34.7 Å². The molecule has 0 aromatic heterocycles.